The quantitative estimate of drug-likeness (QED) is 0.456. The average molecular weight is 393 g/mol. The second-order valence-corrected chi connectivity index (χ2v) is 7.32. The van der Waals surface area contributed by atoms with Gasteiger partial charge in [-0.1, -0.05) is 23.7 Å². The Morgan fingerprint density at radius 3 is 2.42 bits per heavy atom. The van der Waals surface area contributed by atoms with Crippen LogP contribution in [0.1, 0.15) is 23.0 Å². The van der Waals surface area contributed by atoms with E-state index in [1.807, 2.05) is 31.2 Å². The Bertz CT molecular complexity index is 1020. The van der Waals surface area contributed by atoms with Crippen molar-refractivity contribution in [3.63, 3.8) is 0 Å². The zero-order valence-electron chi connectivity index (χ0n) is 14.1. The molecule has 0 aliphatic rings. The van der Waals surface area contributed by atoms with Gasteiger partial charge < -0.3 is 4.74 Å². The topological polar surface area (TPSA) is 70.3 Å². The number of imidazole rings is 1. The van der Waals surface area contributed by atoms with Crippen molar-refractivity contribution in [2.75, 3.05) is 6.61 Å². The Morgan fingerprint density at radius 1 is 1.12 bits per heavy atom. The van der Waals surface area contributed by atoms with Crippen LogP contribution in [0, 0.1) is 0 Å². The van der Waals surface area contributed by atoms with Crippen LogP contribution in [0.3, 0.4) is 0 Å². The van der Waals surface area contributed by atoms with Crippen LogP contribution in [0.2, 0.25) is 4.34 Å². The number of nitrogens with zero attached hydrogens (tertiary/aromatic N) is 2. The lowest BCUT2D eigenvalue weighted by molar-refractivity contribution is -0.142. The number of hydrogen-bond acceptors (Lipinski definition) is 5. The van der Waals surface area contributed by atoms with Crippen molar-refractivity contribution in [3.8, 4) is 0 Å². The zero-order valence-corrected chi connectivity index (χ0v) is 15.7. The van der Waals surface area contributed by atoms with E-state index in [2.05, 4.69) is 0 Å². The maximum Gasteiger partial charge on any atom is 0.329 e. The van der Waals surface area contributed by atoms with Crippen molar-refractivity contribution < 1.29 is 14.3 Å². The Labute approximate surface area is 158 Å². The number of ketones is 1. The first-order valence-corrected chi connectivity index (χ1v) is 9.33. The summed E-state index contributed by atoms with van der Waals surface area (Å²) in [5.41, 5.74) is 1.44. The smallest absolute Gasteiger partial charge is 0.329 e. The molecule has 26 heavy (non-hydrogen) atoms. The summed E-state index contributed by atoms with van der Waals surface area (Å²) in [6, 6.07) is 10.7. The molecular formula is C18H17ClN2O4S. The molecule has 3 rings (SSSR count). The zero-order chi connectivity index (χ0) is 18.7. The van der Waals surface area contributed by atoms with Gasteiger partial charge in [0.2, 0.25) is 5.78 Å². The fourth-order valence-electron chi connectivity index (χ4n) is 2.75. The van der Waals surface area contributed by atoms with E-state index in [0.717, 1.165) is 22.4 Å². The van der Waals surface area contributed by atoms with Crippen molar-refractivity contribution in [2.45, 2.75) is 26.4 Å². The van der Waals surface area contributed by atoms with Crippen LogP contribution in [-0.4, -0.2) is 27.5 Å². The van der Waals surface area contributed by atoms with Crippen molar-refractivity contribution in [1.29, 1.82) is 0 Å². The summed E-state index contributed by atoms with van der Waals surface area (Å²) in [7, 11) is 0. The van der Waals surface area contributed by atoms with Crippen LogP contribution in [0.5, 0.6) is 0 Å². The third-order valence-electron chi connectivity index (χ3n) is 3.99. The normalized spacial score (nSPS) is 11.0. The van der Waals surface area contributed by atoms with Crippen LogP contribution < -0.4 is 5.69 Å². The van der Waals surface area contributed by atoms with Crippen LogP contribution in [0.25, 0.3) is 11.0 Å². The number of benzene rings is 1. The summed E-state index contributed by atoms with van der Waals surface area (Å²) in [5, 5.41) is 0. The van der Waals surface area contributed by atoms with E-state index >= 15 is 0 Å². The molecule has 0 aliphatic heterocycles. The molecule has 3 aromatic rings. The third kappa shape index (κ3) is 3.73. The standard InChI is InChI=1S/C18H17ClN2O4S/c1-2-20-12-5-3-4-6-13(12)21(18(20)24)10-9-17(23)25-11-14(22)15-7-8-16(19)26-15/h3-8H,2,9-11H2,1H3. The number of para-hydroxylation sites is 2. The summed E-state index contributed by atoms with van der Waals surface area (Å²) in [6.45, 7) is 2.31. The van der Waals surface area contributed by atoms with Crippen LogP contribution in [0.15, 0.2) is 41.2 Å². The number of ether oxygens (including phenoxy) is 1. The molecule has 1 aromatic carbocycles. The molecule has 0 aliphatic carbocycles. The Kier molecular flexibility index (Phi) is 5.58. The number of aryl methyl sites for hydroxylation is 2. The number of rotatable bonds is 7. The van der Waals surface area contributed by atoms with Gasteiger partial charge in [-0.25, -0.2) is 4.79 Å². The molecule has 0 fully saturated rings. The van der Waals surface area contributed by atoms with Crippen LogP contribution in [0.4, 0.5) is 0 Å². The van der Waals surface area contributed by atoms with Gasteiger partial charge in [0, 0.05) is 13.1 Å². The van der Waals surface area contributed by atoms with Gasteiger partial charge >= 0.3 is 11.7 Å². The molecule has 2 heterocycles. The van der Waals surface area contributed by atoms with Crippen molar-refractivity contribution in [2.24, 2.45) is 0 Å². The van der Waals surface area contributed by atoms with Gasteiger partial charge in [0.15, 0.2) is 6.61 Å². The largest absolute Gasteiger partial charge is 0.457 e. The molecule has 0 saturated carbocycles. The van der Waals surface area contributed by atoms with Gasteiger partial charge in [-0.15, -0.1) is 11.3 Å². The third-order valence-corrected chi connectivity index (χ3v) is 5.27. The Balaban J connectivity index is 1.63. The predicted octanol–water partition coefficient (Wildman–Crippen LogP) is 3.35. The van der Waals surface area contributed by atoms with Crippen molar-refractivity contribution in [3.05, 3.63) is 56.1 Å². The summed E-state index contributed by atoms with van der Waals surface area (Å²) < 4.78 is 8.75. The monoisotopic (exact) mass is 392 g/mol. The predicted molar refractivity (Wildman–Crippen MR) is 101 cm³/mol. The first kappa shape index (κ1) is 18.4. The first-order valence-electron chi connectivity index (χ1n) is 8.13. The van der Waals surface area contributed by atoms with Gasteiger partial charge in [-0.3, -0.25) is 18.7 Å². The van der Waals surface area contributed by atoms with Crippen molar-refractivity contribution >= 4 is 45.7 Å². The van der Waals surface area contributed by atoms with Gasteiger partial charge in [0.25, 0.3) is 0 Å². The van der Waals surface area contributed by atoms with E-state index in [1.165, 1.54) is 0 Å². The highest BCUT2D eigenvalue weighted by Crippen LogP contribution is 2.21. The molecule has 0 spiro atoms. The lowest BCUT2D eigenvalue weighted by Gasteiger charge is -2.05. The van der Waals surface area contributed by atoms with E-state index in [0.29, 0.717) is 15.8 Å². The molecule has 0 radical (unpaired) electrons. The molecule has 0 bridgehead atoms. The first-order chi connectivity index (χ1) is 12.5. The molecular weight excluding hydrogens is 376 g/mol. The van der Waals surface area contributed by atoms with E-state index in [1.54, 1.807) is 21.3 Å². The Hall–Kier alpha value is -2.38. The number of halogens is 1. The van der Waals surface area contributed by atoms with Gasteiger partial charge in [-0.05, 0) is 31.2 Å². The molecule has 6 nitrogen and oxygen atoms in total. The minimum absolute atomic E-state index is 0.0100. The number of esters is 1. The van der Waals surface area contributed by atoms with Gasteiger partial charge in [0.05, 0.1) is 26.7 Å². The maximum atomic E-state index is 12.5. The number of thiophene rings is 1. The highest BCUT2D eigenvalue weighted by atomic mass is 35.5. The van der Waals surface area contributed by atoms with E-state index in [9.17, 15) is 14.4 Å². The second-order valence-electron chi connectivity index (χ2n) is 5.60. The minimum Gasteiger partial charge on any atom is -0.457 e. The SMILES string of the molecule is CCn1c(=O)n(CCC(=O)OCC(=O)c2ccc(Cl)s2)c2ccccc21. The highest BCUT2D eigenvalue weighted by molar-refractivity contribution is 7.18. The molecule has 0 saturated heterocycles. The minimum atomic E-state index is -0.527. The molecule has 2 aromatic heterocycles. The van der Waals surface area contributed by atoms with Crippen LogP contribution >= 0.6 is 22.9 Å². The molecule has 0 amide bonds. The lowest BCUT2D eigenvalue weighted by Crippen LogP contribution is -2.25. The highest BCUT2D eigenvalue weighted by Gasteiger charge is 2.15. The molecule has 0 unspecified atom stereocenters. The van der Waals surface area contributed by atoms with E-state index < -0.39 is 5.97 Å². The number of hydrogen-bond donors (Lipinski definition) is 0. The summed E-state index contributed by atoms with van der Waals surface area (Å²) >= 11 is 6.93. The number of carbonyl (C=O) groups is 2. The van der Waals surface area contributed by atoms with E-state index in [4.69, 9.17) is 16.3 Å². The number of fused-ring (bicyclic) bond motifs is 1. The summed E-state index contributed by atoms with van der Waals surface area (Å²) in [6.07, 6.45) is 0.0100. The maximum absolute atomic E-state index is 12.5. The second kappa shape index (κ2) is 7.88. The molecule has 136 valence electrons. The molecule has 0 atom stereocenters. The van der Waals surface area contributed by atoms with Gasteiger partial charge in [-0.2, -0.15) is 0 Å². The number of Topliss-reactive ketones (excluding diaryl/α,β-unsaturated/α-hetero) is 1. The van der Waals surface area contributed by atoms with Gasteiger partial charge in [0.1, 0.15) is 0 Å². The number of carbonyl (C=O) groups excluding carboxylic acids is 2. The fraction of sp³-hybridized carbons (Fsp3) is 0.278. The fourth-order valence-corrected chi connectivity index (χ4v) is 3.72. The summed E-state index contributed by atoms with van der Waals surface area (Å²) in [4.78, 5) is 36.8. The average Bonchev–Trinajstić information content (AvgIpc) is 3.18. The molecule has 0 N–H and O–H groups in total. The molecule has 8 heteroatoms. The number of aromatic nitrogens is 2. The van der Waals surface area contributed by atoms with Crippen LogP contribution in [-0.2, 0) is 22.6 Å². The lowest BCUT2D eigenvalue weighted by atomic mass is 10.3. The van der Waals surface area contributed by atoms with Crippen molar-refractivity contribution in [1.82, 2.24) is 9.13 Å². The van der Waals surface area contributed by atoms with E-state index in [-0.39, 0.29) is 31.0 Å². The Morgan fingerprint density at radius 2 is 1.81 bits per heavy atom. The summed E-state index contributed by atoms with van der Waals surface area (Å²) in [5.74, 6) is -0.823.